The van der Waals surface area contributed by atoms with Crippen LogP contribution in [0.3, 0.4) is 0 Å². The molecule has 2 aromatic carbocycles. The average Bonchev–Trinajstić information content (AvgIpc) is 3.13. The third-order valence-electron chi connectivity index (χ3n) is 5.36. The molecule has 0 N–H and O–H groups in total. The number of thioether (sulfide) groups is 1. The lowest BCUT2D eigenvalue weighted by Gasteiger charge is -2.23. The van der Waals surface area contributed by atoms with Crippen molar-refractivity contribution in [2.75, 3.05) is 36.8 Å². The van der Waals surface area contributed by atoms with Gasteiger partial charge in [-0.15, -0.1) is 10.2 Å². The minimum absolute atomic E-state index is 0.116. The first-order valence-electron chi connectivity index (χ1n) is 10.3. The van der Waals surface area contributed by atoms with E-state index < -0.39 is 0 Å². The van der Waals surface area contributed by atoms with Crippen LogP contribution < -0.4 is 4.90 Å². The monoisotopic (exact) mass is 432 g/mol. The summed E-state index contributed by atoms with van der Waals surface area (Å²) < 4.78 is 1.91. The number of carbonyl (C=O) groups excluding carboxylic acids is 1. The number of aromatic nitrogens is 3. The van der Waals surface area contributed by atoms with Crippen LogP contribution in [-0.2, 0) is 4.79 Å². The van der Waals surface area contributed by atoms with Crippen molar-refractivity contribution < 1.29 is 4.79 Å². The maximum Gasteiger partial charge on any atom is 0.233 e. The van der Waals surface area contributed by atoms with E-state index in [1.54, 1.807) is 6.33 Å². The Balaban J connectivity index is 1.34. The molecule has 0 atom stereocenters. The fraction of sp³-hybridized carbons (Fsp3) is 0.304. The fourth-order valence-corrected chi connectivity index (χ4v) is 4.43. The second kappa shape index (κ2) is 9.67. The van der Waals surface area contributed by atoms with E-state index in [2.05, 4.69) is 21.2 Å². The highest BCUT2D eigenvalue weighted by Gasteiger charge is 2.20. The van der Waals surface area contributed by atoms with Crippen LogP contribution in [0.15, 0.2) is 60.0 Å². The molecule has 0 unspecified atom stereocenters. The number of nitriles is 1. The Bertz CT molecular complexity index is 1070. The number of hydrogen-bond acceptors (Lipinski definition) is 6. The van der Waals surface area contributed by atoms with Crippen molar-refractivity contribution in [3.8, 4) is 11.8 Å². The topological polar surface area (TPSA) is 78.1 Å². The van der Waals surface area contributed by atoms with E-state index in [1.807, 2.05) is 64.9 Å². The van der Waals surface area contributed by atoms with Gasteiger partial charge in [0, 0.05) is 37.6 Å². The van der Waals surface area contributed by atoms with E-state index in [-0.39, 0.29) is 5.91 Å². The summed E-state index contributed by atoms with van der Waals surface area (Å²) >= 11 is 1.42. The lowest BCUT2D eigenvalue weighted by Crippen LogP contribution is -2.36. The molecule has 31 heavy (non-hydrogen) atoms. The van der Waals surface area contributed by atoms with Crippen LogP contribution in [-0.4, -0.2) is 57.5 Å². The molecule has 0 saturated carbocycles. The van der Waals surface area contributed by atoms with Crippen LogP contribution in [0.1, 0.15) is 17.5 Å². The van der Waals surface area contributed by atoms with Crippen molar-refractivity contribution in [1.82, 2.24) is 19.7 Å². The summed E-state index contributed by atoms with van der Waals surface area (Å²) in [5.74, 6) is 0.451. The third-order valence-corrected chi connectivity index (χ3v) is 6.29. The summed E-state index contributed by atoms with van der Waals surface area (Å²) in [4.78, 5) is 17.1. The van der Waals surface area contributed by atoms with Gasteiger partial charge < -0.3 is 9.80 Å². The first-order valence-corrected chi connectivity index (χ1v) is 11.3. The van der Waals surface area contributed by atoms with Crippen LogP contribution >= 0.6 is 11.8 Å². The molecule has 0 radical (unpaired) electrons. The van der Waals surface area contributed by atoms with E-state index in [4.69, 9.17) is 5.26 Å². The highest BCUT2D eigenvalue weighted by molar-refractivity contribution is 7.99. The van der Waals surface area contributed by atoms with Crippen molar-refractivity contribution in [2.45, 2.75) is 18.5 Å². The molecule has 8 heteroatoms. The smallest absolute Gasteiger partial charge is 0.233 e. The molecule has 0 aliphatic carbocycles. The van der Waals surface area contributed by atoms with Gasteiger partial charge in [0.15, 0.2) is 5.16 Å². The van der Waals surface area contributed by atoms with Crippen LogP contribution in [0.5, 0.6) is 0 Å². The highest BCUT2D eigenvalue weighted by Crippen LogP contribution is 2.21. The number of amides is 1. The minimum Gasteiger partial charge on any atom is -0.370 e. The molecule has 4 rings (SSSR count). The van der Waals surface area contributed by atoms with Gasteiger partial charge in [0.2, 0.25) is 5.91 Å². The van der Waals surface area contributed by atoms with Crippen LogP contribution in [0.4, 0.5) is 5.69 Å². The molecule has 0 bridgehead atoms. The second-order valence-corrected chi connectivity index (χ2v) is 8.43. The Kier molecular flexibility index (Phi) is 6.53. The summed E-state index contributed by atoms with van der Waals surface area (Å²) in [7, 11) is 0. The molecule has 1 fully saturated rings. The van der Waals surface area contributed by atoms with Crippen molar-refractivity contribution in [1.29, 1.82) is 5.26 Å². The number of rotatable bonds is 5. The molecule has 1 saturated heterocycles. The minimum atomic E-state index is 0.116. The maximum absolute atomic E-state index is 12.9. The fourth-order valence-electron chi connectivity index (χ4n) is 3.59. The maximum atomic E-state index is 12.9. The third kappa shape index (κ3) is 5.06. The number of nitrogens with zero attached hydrogens (tertiary/aromatic N) is 6. The molecular formula is C23H24N6OS. The number of anilines is 1. The molecule has 2 heterocycles. The second-order valence-electron chi connectivity index (χ2n) is 7.49. The van der Waals surface area contributed by atoms with E-state index in [0.29, 0.717) is 23.0 Å². The van der Waals surface area contributed by atoms with E-state index >= 15 is 0 Å². The molecular weight excluding hydrogens is 408 g/mol. The Morgan fingerprint density at radius 1 is 1.03 bits per heavy atom. The zero-order chi connectivity index (χ0) is 21.6. The Hall–Kier alpha value is -3.31. The Labute approximate surface area is 186 Å². The average molecular weight is 433 g/mol. The number of carbonyl (C=O) groups is 1. The lowest BCUT2D eigenvalue weighted by molar-refractivity contribution is -0.128. The molecule has 3 aromatic rings. The summed E-state index contributed by atoms with van der Waals surface area (Å²) in [6, 6.07) is 17.9. The molecule has 1 aromatic heterocycles. The molecule has 0 spiro atoms. The quantitative estimate of drug-likeness (QED) is 0.576. The van der Waals surface area contributed by atoms with Gasteiger partial charge in [-0.1, -0.05) is 29.5 Å². The SMILES string of the molecule is Cc1ccc(-n2cnnc2SCC(=O)N2CCCN(c3ccc(C#N)cc3)CC2)cc1. The van der Waals surface area contributed by atoms with Crippen molar-refractivity contribution in [3.05, 3.63) is 66.0 Å². The highest BCUT2D eigenvalue weighted by atomic mass is 32.2. The van der Waals surface area contributed by atoms with Gasteiger partial charge >= 0.3 is 0 Å². The van der Waals surface area contributed by atoms with Gasteiger partial charge in [0.25, 0.3) is 0 Å². The van der Waals surface area contributed by atoms with E-state index in [1.165, 1.54) is 17.3 Å². The molecule has 1 amide bonds. The largest absolute Gasteiger partial charge is 0.370 e. The molecule has 158 valence electrons. The lowest BCUT2D eigenvalue weighted by atomic mass is 10.2. The van der Waals surface area contributed by atoms with Crippen molar-refractivity contribution in [2.24, 2.45) is 0 Å². The van der Waals surface area contributed by atoms with E-state index in [9.17, 15) is 4.79 Å². The molecule has 1 aliphatic rings. The molecule has 7 nitrogen and oxygen atoms in total. The summed E-state index contributed by atoms with van der Waals surface area (Å²) in [5, 5.41) is 17.9. The summed E-state index contributed by atoms with van der Waals surface area (Å²) in [6.45, 7) is 5.15. The zero-order valence-electron chi connectivity index (χ0n) is 17.4. The van der Waals surface area contributed by atoms with Crippen molar-refractivity contribution in [3.63, 3.8) is 0 Å². The Morgan fingerprint density at radius 2 is 1.77 bits per heavy atom. The van der Waals surface area contributed by atoms with Gasteiger partial charge in [-0.25, -0.2) is 0 Å². The normalized spacial score (nSPS) is 14.2. The predicted octanol–water partition coefficient (Wildman–Crippen LogP) is 3.28. The Morgan fingerprint density at radius 3 is 2.52 bits per heavy atom. The van der Waals surface area contributed by atoms with E-state index in [0.717, 1.165) is 37.4 Å². The summed E-state index contributed by atoms with van der Waals surface area (Å²) in [5.41, 5.74) is 3.93. The number of benzene rings is 2. The van der Waals surface area contributed by atoms with Crippen LogP contribution in [0, 0.1) is 18.3 Å². The van der Waals surface area contributed by atoms with Crippen LogP contribution in [0.25, 0.3) is 5.69 Å². The zero-order valence-corrected chi connectivity index (χ0v) is 18.3. The first-order chi connectivity index (χ1) is 15.1. The van der Waals surface area contributed by atoms with Gasteiger partial charge in [-0.2, -0.15) is 5.26 Å². The predicted molar refractivity (Wildman–Crippen MR) is 121 cm³/mol. The van der Waals surface area contributed by atoms with Gasteiger partial charge in [-0.3, -0.25) is 9.36 Å². The first kappa shape index (κ1) is 20.9. The van der Waals surface area contributed by atoms with Crippen molar-refractivity contribution >= 4 is 23.4 Å². The standard InChI is InChI=1S/C23H24N6OS/c1-18-3-7-21(8-4-18)29-17-25-26-23(29)31-16-22(30)28-12-2-11-27(13-14-28)20-9-5-19(15-24)6-10-20/h3-10,17H,2,11-14,16H2,1H3. The van der Waals surface area contributed by atoms with Gasteiger partial charge in [0.1, 0.15) is 6.33 Å². The van der Waals surface area contributed by atoms with Gasteiger partial charge in [-0.05, 0) is 49.7 Å². The van der Waals surface area contributed by atoms with Crippen LogP contribution in [0.2, 0.25) is 0 Å². The molecule has 1 aliphatic heterocycles. The number of aryl methyl sites for hydroxylation is 1. The summed E-state index contributed by atoms with van der Waals surface area (Å²) in [6.07, 6.45) is 2.59. The van der Waals surface area contributed by atoms with Gasteiger partial charge in [0.05, 0.1) is 17.4 Å². The number of hydrogen-bond donors (Lipinski definition) is 0.